The standard InChI is InChI=1S/C14H21N5O2/c1-2-19-11(15-10-16-19)9-18-8-5-12(20)17-14(13(18)21)6-3-4-7-14/h10H,2-9H2,1H3,(H,17,20). The summed E-state index contributed by atoms with van der Waals surface area (Å²) in [6.45, 7) is 3.58. The largest absolute Gasteiger partial charge is 0.342 e. The summed E-state index contributed by atoms with van der Waals surface area (Å²) in [5, 5.41) is 7.11. The fourth-order valence-electron chi connectivity index (χ4n) is 3.34. The molecule has 3 rings (SSSR count). The predicted molar refractivity (Wildman–Crippen MR) is 75.1 cm³/mol. The first-order valence-corrected chi connectivity index (χ1v) is 7.62. The molecule has 1 N–H and O–H groups in total. The van der Waals surface area contributed by atoms with Gasteiger partial charge in [-0.2, -0.15) is 5.10 Å². The van der Waals surface area contributed by atoms with Crippen LogP contribution in [-0.2, 0) is 22.7 Å². The molecule has 0 bridgehead atoms. The first kappa shape index (κ1) is 14.0. The Kier molecular flexibility index (Phi) is 3.65. The Balaban J connectivity index is 1.83. The average molecular weight is 291 g/mol. The summed E-state index contributed by atoms with van der Waals surface area (Å²) < 4.78 is 1.79. The molecule has 1 aliphatic carbocycles. The van der Waals surface area contributed by atoms with E-state index in [1.165, 1.54) is 6.33 Å². The zero-order valence-corrected chi connectivity index (χ0v) is 12.3. The highest BCUT2D eigenvalue weighted by atomic mass is 16.2. The first-order chi connectivity index (χ1) is 10.1. The lowest BCUT2D eigenvalue weighted by molar-refractivity contribution is -0.139. The minimum absolute atomic E-state index is 0.0234. The summed E-state index contributed by atoms with van der Waals surface area (Å²) in [7, 11) is 0. The number of rotatable bonds is 3. The number of amides is 2. The third kappa shape index (κ3) is 2.52. The van der Waals surface area contributed by atoms with E-state index in [2.05, 4.69) is 15.4 Å². The highest BCUT2D eigenvalue weighted by molar-refractivity contribution is 5.93. The molecule has 1 aliphatic heterocycles. The molecule has 2 heterocycles. The minimum Gasteiger partial charge on any atom is -0.342 e. The molecule has 7 nitrogen and oxygen atoms in total. The monoisotopic (exact) mass is 291 g/mol. The summed E-state index contributed by atoms with van der Waals surface area (Å²) >= 11 is 0. The second kappa shape index (κ2) is 5.46. The van der Waals surface area contributed by atoms with Crippen LogP contribution in [-0.4, -0.2) is 43.6 Å². The van der Waals surface area contributed by atoms with E-state index in [9.17, 15) is 9.59 Å². The molecular weight excluding hydrogens is 270 g/mol. The molecule has 0 radical (unpaired) electrons. The Hall–Kier alpha value is -1.92. The molecule has 0 aromatic carbocycles. The van der Waals surface area contributed by atoms with E-state index in [0.29, 0.717) is 19.5 Å². The number of carbonyl (C=O) groups is 2. The molecular formula is C14H21N5O2. The van der Waals surface area contributed by atoms with E-state index >= 15 is 0 Å². The Morgan fingerprint density at radius 2 is 2.10 bits per heavy atom. The maximum absolute atomic E-state index is 12.9. The third-order valence-corrected chi connectivity index (χ3v) is 4.47. The molecule has 1 aromatic heterocycles. The molecule has 7 heteroatoms. The van der Waals surface area contributed by atoms with Crippen LogP contribution in [0.1, 0.15) is 44.9 Å². The second-order valence-electron chi connectivity index (χ2n) is 5.81. The number of aromatic nitrogens is 3. The quantitative estimate of drug-likeness (QED) is 0.877. The van der Waals surface area contributed by atoms with Crippen molar-refractivity contribution in [1.29, 1.82) is 0 Å². The van der Waals surface area contributed by atoms with Gasteiger partial charge in [0.15, 0.2) is 0 Å². The van der Waals surface area contributed by atoms with E-state index in [0.717, 1.165) is 38.1 Å². The molecule has 2 aliphatic rings. The van der Waals surface area contributed by atoms with Crippen LogP contribution in [0.2, 0.25) is 0 Å². The van der Waals surface area contributed by atoms with Gasteiger partial charge in [0.1, 0.15) is 17.7 Å². The van der Waals surface area contributed by atoms with Gasteiger partial charge in [-0.25, -0.2) is 9.67 Å². The summed E-state index contributed by atoms with van der Waals surface area (Å²) in [5.74, 6) is 0.787. The van der Waals surface area contributed by atoms with Crippen molar-refractivity contribution in [2.75, 3.05) is 6.54 Å². The maximum atomic E-state index is 12.9. The maximum Gasteiger partial charge on any atom is 0.248 e. The van der Waals surface area contributed by atoms with Crippen LogP contribution in [0.25, 0.3) is 0 Å². The summed E-state index contributed by atoms with van der Waals surface area (Å²) in [5.41, 5.74) is -0.676. The van der Waals surface area contributed by atoms with Crippen molar-refractivity contribution in [2.24, 2.45) is 0 Å². The molecule has 1 spiro atoms. The fraction of sp³-hybridized carbons (Fsp3) is 0.714. The van der Waals surface area contributed by atoms with Gasteiger partial charge in [0.25, 0.3) is 0 Å². The third-order valence-electron chi connectivity index (χ3n) is 4.47. The van der Waals surface area contributed by atoms with Crippen LogP contribution in [0.4, 0.5) is 0 Å². The Morgan fingerprint density at radius 3 is 2.81 bits per heavy atom. The predicted octanol–water partition coefficient (Wildman–Crippen LogP) is 0.459. The minimum atomic E-state index is -0.676. The highest BCUT2D eigenvalue weighted by Crippen LogP contribution is 2.33. The zero-order valence-electron chi connectivity index (χ0n) is 12.3. The van der Waals surface area contributed by atoms with Gasteiger partial charge in [0.05, 0.1) is 6.54 Å². The number of nitrogens with zero attached hydrogens (tertiary/aromatic N) is 4. The highest BCUT2D eigenvalue weighted by Gasteiger charge is 2.46. The van der Waals surface area contributed by atoms with Crippen molar-refractivity contribution in [3.63, 3.8) is 0 Å². The van der Waals surface area contributed by atoms with Gasteiger partial charge in [-0.15, -0.1) is 0 Å². The van der Waals surface area contributed by atoms with E-state index in [1.54, 1.807) is 9.58 Å². The summed E-state index contributed by atoms with van der Waals surface area (Å²) in [6.07, 6.45) is 5.34. The fourth-order valence-corrected chi connectivity index (χ4v) is 3.34. The van der Waals surface area contributed by atoms with E-state index in [4.69, 9.17) is 0 Å². The van der Waals surface area contributed by atoms with Crippen molar-refractivity contribution >= 4 is 11.8 Å². The molecule has 1 saturated carbocycles. The number of carbonyl (C=O) groups excluding carboxylic acids is 2. The van der Waals surface area contributed by atoms with Crippen LogP contribution in [0.5, 0.6) is 0 Å². The van der Waals surface area contributed by atoms with Gasteiger partial charge in [0, 0.05) is 19.5 Å². The Morgan fingerprint density at radius 1 is 1.33 bits per heavy atom. The van der Waals surface area contributed by atoms with E-state index < -0.39 is 5.54 Å². The van der Waals surface area contributed by atoms with Crippen LogP contribution in [0.15, 0.2) is 6.33 Å². The topological polar surface area (TPSA) is 80.1 Å². The summed E-state index contributed by atoms with van der Waals surface area (Å²) in [4.78, 5) is 30.8. The molecule has 2 amide bonds. The van der Waals surface area contributed by atoms with Crippen molar-refractivity contribution in [3.05, 3.63) is 12.2 Å². The van der Waals surface area contributed by atoms with Gasteiger partial charge in [0.2, 0.25) is 11.8 Å². The van der Waals surface area contributed by atoms with Gasteiger partial charge in [-0.05, 0) is 19.8 Å². The van der Waals surface area contributed by atoms with Crippen molar-refractivity contribution < 1.29 is 9.59 Å². The van der Waals surface area contributed by atoms with E-state index in [1.807, 2.05) is 6.92 Å². The lowest BCUT2D eigenvalue weighted by Gasteiger charge is -2.31. The van der Waals surface area contributed by atoms with Gasteiger partial charge < -0.3 is 10.2 Å². The first-order valence-electron chi connectivity index (χ1n) is 7.62. The number of hydrogen-bond acceptors (Lipinski definition) is 4. The average Bonchev–Trinajstić information content (AvgIpc) is 3.09. The number of nitrogens with one attached hydrogen (secondary N) is 1. The zero-order chi connectivity index (χ0) is 14.9. The van der Waals surface area contributed by atoms with Gasteiger partial charge in [-0.1, -0.05) is 12.8 Å². The van der Waals surface area contributed by atoms with Crippen molar-refractivity contribution in [2.45, 2.75) is 57.7 Å². The normalized spacial score (nSPS) is 21.7. The molecule has 1 saturated heterocycles. The SMILES string of the molecule is CCn1ncnc1CN1CCC(=O)NC2(CCCC2)C1=O. The molecule has 0 atom stereocenters. The van der Waals surface area contributed by atoms with Gasteiger partial charge in [-0.3, -0.25) is 9.59 Å². The Labute approximate surface area is 123 Å². The van der Waals surface area contributed by atoms with Gasteiger partial charge >= 0.3 is 0 Å². The lowest BCUT2D eigenvalue weighted by atomic mass is 9.96. The van der Waals surface area contributed by atoms with Crippen molar-refractivity contribution in [3.8, 4) is 0 Å². The molecule has 114 valence electrons. The van der Waals surface area contributed by atoms with Crippen LogP contribution in [0.3, 0.4) is 0 Å². The molecule has 0 unspecified atom stereocenters. The molecule has 2 fully saturated rings. The molecule has 1 aromatic rings. The smallest absolute Gasteiger partial charge is 0.248 e. The summed E-state index contributed by atoms with van der Waals surface area (Å²) in [6, 6.07) is 0. The second-order valence-corrected chi connectivity index (χ2v) is 5.81. The van der Waals surface area contributed by atoms with Crippen molar-refractivity contribution in [1.82, 2.24) is 25.0 Å². The van der Waals surface area contributed by atoms with Crippen LogP contribution < -0.4 is 5.32 Å². The van der Waals surface area contributed by atoms with E-state index in [-0.39, 0.29) is 11.8 Å². The number of hydrogen-bond donors (Lipinski definition) is 1. The number of aryl methyl sites for hydroxylation is 1. The lowest BCUT2D eigenvalue weighted by Crippen LogP contribution is -2.55. The van der Waals surface area contributed by atoms with Crippen LogP contribution in [0, 0.1) is 0 Å². The molecule has 21 heavy (non-hydrogen) atoms. The van der Waals surface area contributed by atoms with Crippen LogP contribution >= 0.6 is 0 Å². The Bertz CT molecular complexity index is 547.